The number of amides is 2. The quantitative estimate of drug-likeness (QED) is 0.205. The van der Waals surface area contributed by atoms with Crippen molar-refractivity contribution in [1.82, 2.24) is 9.80 Å². The molecule has 0 radical (unpaired) electrons. The van der Waals surface area contributed by atoms with Gasteiger partial charge in [-0.25, -0.2) is 0 Å². The molecule has 6 atom stereocenters. The van der Waals surface area contributed by atoms with E-state index >= 15 is 0 Å². The van der Waals surface area contributed by atoms with Crippen LogP contribution in [0.1, 0.15) is 46.1 Å². The third-order valence-corrected chi connectivity index (χ3v) is 11.5. The molecule has 5 aliphatic rings. The number of carboxylic acid groups (broad SMARTS) is 3. The number of allylic oxidation sites excluding steroid dienone is 5. The van der Waals surface area contributed by atoms with E-state index in [2.05, 4.69) is 80.5 Å². The Morgan fingerprint density at radius 3 is 1.83 bits per heavy atom. The molecule has 4 heterocycles. The zero-order chi connectivity index (χ0) is 39.6. The minimum Gasteiger partial charge on any atom is -0.481 e. The SMILES string of the molecule is CC1(C)S[C@@H]2[C@H](CC(=O)Cc3ccccc3)C(=O)N2[C@H]1C(=O)[O-].CC1(C)S[C@@H]2[C@H](N)C(=O)N2[C@H]1C(=O)[O-].I.II.I[I-]I.O.O=C(O)CC1=CC=[C+]C=C1. The summed E-state index contributed by atoms with van der Waals surface area (Å²) in [6, 6.07) is 7.06. The summed E-state index contributed by atoms with van der Waals surface area (Å²) < 4.78 is -1.12. The molecule has 0 unspecified atom stereocenters. The number of thioether (sulfide) groups is 2. The minimum absolute atomic E-state index is 0. The molecule has 54 heavy (non-hydrogen) atoms. The topological polar surface area (TPSA) is 233 Å². The van der Waals surface area contributed by atoms with Gasteiger partial charge in [0.2, 0.25) is 11.8 Å². The van der Waals surface area contributed by atoms with Crippen molar-refractivity contribution in [3.63, 3.8) is 0 Å². The van der Waals surface area contributed by atoms with E-state index in [0.29, 0.717) is 19.7 Å². The van der Waals surface area contributed by atoms with Crippen LogP contribution < -0.4 is 29.2 Å². The summed E-state index contributed by atoms with van der Waals surface area (Å²) >= 11 is 12.4. The first-order chi connectivity index (χ1) is 24.4. The van der Waals surface area contributed by atoms with Gasteiger partial charge in [-0.15, -0.1) is 47.5 Å². The summed E-state index contributed by atoms with van der Waals surface area (Å²) in [7, 11) is 0. The molecule has 4 saturated heterocycles. The van der Waals surface area contributed by atoms with E-state index in [4.69, 9.17) is 10.8 Å². The number of carbonyl (C=O) groups is 6. The van der Waals surface area contributed by atoms with Crippen molar-refractivity contribution in [2.24, 2.45) is 11.7 Å². The molecule has 2 amide bonds. The van der Waals surface area contributed by atoms with Gasteiger partial charge in [-0.3, -0.25) is 19.2 Å². The Kier molecular flexibility index (Phi) is 25.3. The first-order valence-electron chi connectivity index (χ1n) is 15.3. The number of hydrogen-bond donors (Lipinski definition) is 2. The van der Waals surface area contributed by atoms with E-state index in [9.17, 15) is 39.0 Å². The zero-order valence-corrected chi connectivity index (χ0v) is 43.8. The summed E-state index contributed by atoms with van der Waals surface area (Å²) in [5.41, 5.74) is 7.30. The van der Waals surface area contributed by atoms with E-state index in [-0.39, 0.29) is 70.6 Å². The molecule has 5 N–H and O–H groups in total. The average Bonchev–Trinajstić information content (AvgIpc) is 3.51. The van der Waals surface area contributed by atoms with E-state index in [1.165, 1.54) is 33.3 Å². The van der Waals surface area contributed by atoms with Gasteiger partial charge >= 0.3 is 56.5 Å². The molecule has 13 nitrogen and oxygen atoms in total. The van der Waals surface area contributed by atoms with Gasteiger partial charge in [-0.2, -0.15) is 0 Å². The molecule has 1 aromatic rings. The smallest absolute Gasteiger partial charge is 0.310 e. The van der Waals surface area contributed by atoms with Crippen LogP contribution in [0.2, 0.25) is 0 Å². The first-order valence-corrected chi connectivity index (χ1v) is 35.9. The predicted molar refractivity (Wildman–Crippen MR) is 246 cm³/mol. The number of carboxylic acids is 3. The average molecular weight is 1460 g/mol. The molecule has 0 spiro atoms. The van der Waals surface area contributed by atoms with Gasteiger partial charge in [-0.1, -0.05) is 30.3 Å². The van der Waals surface area contributed by atoms with Gasteiger partial charge < -0.3 is 45.9 Å². The molecular formula is C33H39I6N3O10S2-2. The number of benzene rings is 1. The molecule has 0 aromatic heterocycles. The Hall–Kier alpha value is 0.370. The Labute approximate surface area is 393 Å². The van der Waals surface area contributed by atoms with Crippen molar-refractivity contribution in [3.05, 3.63) is 71.8 Å². The van der Waals surface area contributed by atoms with Crippen LogP contribution in [0.3, 0.4) is 0 Å². The van der Waals surface area contributed by atoms with Crippen molar-refractivity contribution in [2.45, 2.75) is 85.3 Å². The Morgan fingerprint density at radius 2 is 1.39 bits per heavy atom. The molecule has 1 aliphatic carbocycles. The third kappa shape index (κ3) is 14.3. The van der Waals surface area contributed by atoms with Crippen molar-refractivity contribution in [3.8, 4) is 0 Å². The maximum absolute atomic E-state index is 12.3. The van der Waals surface area contributed by atoms with Gasteiger partial charge in [0.1, 0.15) is 29.4 Å². The monoisotopic (exact) mass is 1460 g/mol. The second kappa shape index (κ2) is 25.1. The molecule has 0 saturated carbocycles. The first kappa shape index (κ1) is 54.4. The summed E-state index contributed by atoms with van der Waals surface area (Å²) in [5, 5.41) is 30.2. The molecular weight excluding hydrogens is 1420 g/mol. The van der Waals surface area contributed by atoms with Crippen LogP contribution >= 0.6 is 122 Å². The largest absolute Gasteiger partial charge is 0.481 e. The summed E-state index contributed by atoms with van der Waals surface area (Å²) in [5.74, 6) is -4.18. The van der Waals surface area contributed by atoms with Gasteiger partial charge in [0.25, 0.3) is 0 Å². The fraction of sp³-hybridized carbons (Fsp3) is 0.455. The van der Waals surface area contributed by atoms with E-state index in [1.807, 2.05) is 30.3 Å². The number of rotatable bonds is 8. The summed E-state index contributed by atoms with van der Waals surface area (Å²) in [6.45, 7) is 7.17. The van der Waals surface area contributed by atoms with Crippen LogP contribution in [0.15, 0.2) is 60.2 Å². The zero-order valence-electron chi connectivity index (χ0n) is 29.1. The van der Waals surface area contributed by atoms with Crippen LogP contribution in [0, 0.1) is 12.0 Å². The maximum atomic E-state index is 12.3. The van der Waals surface area contributed by atoms with E-state index < -0.39 is 51.4 Å². The summed E-state index contributed by atoms with van der Waals surface area (Å²) in [4.78, 5) is 71.0. The molecule has 1 aromatic carbocycles. The Balaban J connectivity index is 0.000000778. The van der Waals surface area contributed by atoms with Gasteiger partial charge in [0.05, 0.1) is 59.5 Å². The molecule has 0 bridgehead atoms. The normalized spacial score (nSPS) is 25.3. The number of aliphatic carboxylic acids is 3. The second-order valence-corrected chi connectivity index (χ2v) is 32.5. The fourth-order valence-corrected chi connectivity index (χ4v) is 9.38. The number of β-lactam (4-membered cyclic amide) rings is 2. The molecule has 4 fully saturated rings. The number of nitrogens with two attached hydrogens (primary N) is 1. The van der Waals surface area contributed by atoms with Crippen molar-refractivity contribution >= 4 is 157 Å². The van der Waals surface area contributed by atoms with E-state index in [1.54, 1.807) is 52.0 Å². The summed E-state index contributed by atoms with van der Waals surface area (Å²) in [6.07, 6.45) is 10.3. The van der Waals surface area contributed by atoms with Gasteiger partial charge in [0, 0.05) is 65.6 Å². The van der Waals surface area contributed by atoms with Gasteiger partial charge in [-0.05, 0) is 33.3 Å². The van der Waals surface area contributed by atoms with Crippen LogP contribution in [0.4, 0.5) is 0 Å². The third-order valence-electron chi connectivity index (χ3n) is 8.31. The molecule has 21 heteroatoms. The van der Waals surface area contributed by atoms with Crippen LogP contribution in [-0.2, 0) is 35.2 Å². The number of carbonyl (C=O) groups excluding carboxylic acids is 5. The van der Waals surface area contributed by atoms with Crippen molar-refractivity contribution in [1.29, 1.82) is 0 Å². The van der Waals surface area contributed by atoms with Crippen LogP contribution in [0.5, 0.6) is 0 Å². The second-order valence-electron chi connectivity index (χ2n) is 12.7. The molecule has 6 rings (SSSR count). The number of Topliss-reactive ketones (excluding diaryl/α,β-unsaturated/α-hetero) is 1. The number of hydrogen-bond acceptors (Lipinski definition) is 11. The maximum Gasteiger partial charge on any atom is 0.310 e. The molecule has 4 aliphatic heterocycles. The number of ketones is 1. The standard InChI is InChI=1S/C17H19NO4S.C8H12N2O3S.C8H6O2.I3.I2.HI.H2O/c1-17(2)13(16(21)22)18-14(20)12(15(18)23-17)9-11(19)8-10-6-4-3-5-7-10;1-8(2)4(7(12)13)10-5(11)3(9)6(10)14-8;9-8(10)6-7-4-2-1-3-5-7;1-3-2;1-2;;/h3-7,12-13,15H,8-9H2,1-2H3,(H,21,22);3-4,6H,9H2,1-2H3,(H,12,13);2-5H,6H2;;;1H;1H2/q;;;-1;;;/p-1/t12-,13+,15-;3-,4+,6-;;;;;/m11...../s1. The predicted octanol–water partition coefficient (Wildman–Crippen LogP) is 0.399. The Morgan fingerprint density at radius 1 is 0.907 bits per heavy atom. The van der Waals surface area contributed by atoms with Crippen molar-refractivity contribution < 1.29 is 62.8 Å². The number of fused-ring (bicyclic) bond motifs is 2. The number of nitrogens with zero attached hydrogens (tertiary/aromatic N) is 2. The fourth-order valence-electron chi connectivity index (χ4n) is 6.14. The van der Waals surface area contributed by atoms with Crippen LogP contribution in [0.25, 0.3) is 0 Å². The molecule has 302 valence electrons. The Bertz CT molecular complexity index is 1580. The van der Waals surface area contributed by atoms with E-state index in [0.717, 1.165) is 11.1 Å². The number of halogens is 6. The van der Waals surface area contributed by atoms with Gasteiger partial charge in [0.15, 0.2) is 0 Å². The minimum atomic E-state index is -1.23. The van der Waals surface area contributed by atoms with Crippen LogP contribution in [-0.4, -0.2) is 94.3 Å². The van der Waals surface area contributed by atoms with Crippen molar-refractivity contribution in [2.75, 3.05) is 0 Å².